The molecule has 8 nitrogen and oxygen atoms in total. The molecule has 0 spiro atoms. The van der Waals surface area contributed by atoms with Crippen LogP contribution in [0.3, 0.4) is 0 Å². The van der Waals surface area contributed by atoms with Gasteiger partial charge in [-0.25, -0.2) is 4.79 Å². The van der Waals surface area contributed by atoms with E-state index in [0.29, 0.717) is 28.2 Å². The number of esters is 1. The van der Waals surface area contributed by atoms with Gasteiger partial charge in [0, 0.05) is 10.7 Å². The Balaban J connectivity index is 1.72. The van der Waals surface area contributed by atoms with Crippen molar-refractivity contribution in [1.29, 1.82) is 0 Å². The smallest absolute Gasteiger partial charge is 0.328 e. The van der Waals surface area contributed by atoms with Crippen LogP contribution in [0.4, 0.5) is 0 Å². The predicted molar refractivity (Wildman–Crippen MR) is 136 cm³/mol. The lowest BCUT2D eigenvalue weighted by Gasteiger charge is -2.19. The lowest BCUT2D eigenvalue weighted by molar-refractivity contribution is -0.147. The first kappa shape index (κ1) is 26.6. The Morgan fingerprint density at radius 2 is 1.80 bits per heavy atom. The van der Waals surface area contributed by atoms with Crippen LogP contribution in [0.15, 0.2) is 59.8 Å². The summed E-state index contributed by atoms with van der Waals surface area (Å²) in [6.07, 6.45) is 0.502. The number of thioether (sulfide) groups is 1. The van der Waals surface area contributed by atoms with E-state index in [1.165, 1.54) is 11.8 Å². The minimum atomic E-state index is -0.682. The molecule has 0 saturated heterocycles. The molecule has 1 aromatic heterocycles. The molecular weight excluding hydrogens is 488 g/mol. The molecule has 3 aromatic rings. The summed E-state index contributed by atoms with van der Waals surface area (Å²) >= 11 is 7.18. The summed E-state index contributed by atoms with van der Waals surface area (Å²) < 4.78 is 12.8. The lowest BCUT2D eigenvalue weighted by Crippen LogP contribution is -2.43. The van der Waals surface area contributed by atoms with Gasteiger partial charge in [0.25, 0.3) is 0 Å². The molecule has 0 aliphatic heterocycles. The first-order chi connectivity index (χ1) is 16.9. The number of carbonyl (C=O) groups is 2. The Kier molecular flexibility index (Phi) is 9.98. The van der Waals surface area contributed by atoms with Crippen LogP contribution < -0.4 is 10.1 Å². The fraction of sp³-hybridized carbons (Fsp3) is 0.360. The number of carbonyl (C=O) groups excluding carboxylic acids is 2. The number of ether oxygens (including phenoxy) is 2. The van der Waals surface area contributed by atoms with Gasteiger partial charge in [0.2, 0.25) is 5.91 Å². The van der Waals surface area contributed by atoms with Gasteiger partial charge in [0.05, 0.1) is 12.4 Å². The SMILES string of the molecule is CCOC(=O)C(CC(C)C)NC(=O)CSc1nnc(COc2ccc(Cl)cc2)n1-c1ccccc1. The minimum absolute atomic E-state index is 0.0665. The second-order valence-electron chi connectivity index (χ2n) is 8.10. The molecule has 2 aromatic carbocycles. The van der Waals surface area contributed by atoms with Gasteiger partial charge in [-0.15, -0.1) is 10.2 Å². The Labute approximate surface area is 214 Å². The number of para-hydroxylation sites is 1. The van der Waals surface area contributed by atoms with Crippen molar-refractivity contribution in [1.82, 2.24) is 20.1 Å². The van der Waals surface area contributed by atoms with E-state index in [2.05, 4.69) is 15.5 Å². The van der Waals surface area contributed by atoms with E-state index in [1.54, 1.807) is 31.2 Å². The van der Waals surface area contributed by atoms with Crippen molar-refractivity contribution in [3.05, 3.63) is 65.4 Å². The molecular formula is C25H29ClN4O4S. The van der Waals surface area contributed by atoms with Gasteiger partial charge >= 0.3 is 5.97 Å². The third-order valence-electron chi connectivity index (χ3n) is 4.84. The van der Waals surface area contributed by atoms with Crippen LogP contribution in [-0.2, 0) is 20.9 Å². The maximum atomic E-state index is 12.7. The van der Waals surface area contributed by atoms with Gasteiger partial charge in [-0.05, 0) is 55.7 Å². The molecule has 10 heteroatoms. The highest BCUT2D eigenvalue weighted by Crippen LogP contribution is 2.23. The van der Waals surface area contributed by atoms with Gasteiger partial charge < -0.3 is 14.8 Å². The van der Waals surface area contributed by atoms with Crippen molar-refractivity contribution >= 4 is 35.2 Å². The van der Waals surface area contributed by atoms with Crippen LogP contribution >= 0.6 is 23.4 Å². The highest BCUT2D eigenvalue weighted by Gasteiger charge is 2.24. The number of halogens is 1. The first-order valence-electron chi connectivity index (χ1n) is 11.3. The minimum Gasteiger partial charge on any atom is -0.486 e. The summed E-state index contributed by atoms with van der Waals surface area (Å²) in [5, 5.41) is 12.5. The number of rotatable bonds is 12. The van der Waals surface area contributed by atoms with E-state index in [4.69, 9.17) is 21.1 Å². The molecule has 186 valence electrons. The number of benzene rings is 2. The molecule has 0 bridgehead atoms. The third kappa shape index (κ3) is 8.00. The predicted octanol–water partition coefficient (Wildman–Crippen LogP) is 4.69. The number of nitrogens with one attached hydrogen (secondary N) is 1. The molecule has 0 fully saturated rings. The van der Waals surface area contributed by atoms with E-state index in [-0.39, 0.29) is 30.8 Å². The van der Waals surface area contributed by atoms with Gasteiger partial charge in [0.15, 0.2) is 11.0 Å². The summed E-state index contributed by atoms with van der Waals surface area (Å²) in [4.78, 5) is 24.9. The zero-order valence-electron chi connectivity index (χ0n) is 19.9. The molecule has 35 heavy (non-hydrogen) atoms. The largest absolute Gasteiger partial charge is 0.486 e. The van der Waals surface area contributed by atoms with Crippen molar-refractivity contribution in [2.45, 2.75) is 45.0 Å². The summed E-state index contributed by atoms with van der Waals surface area (Å²) in [7, 11) is 0. The summed E-state index contributed by atoms with van der Waals surface area (Å²) in [5.74, 6) is 0.821. The summed E-state index contributed by atoms with van der Waals surface area (Å²) in [6.45, 7) is 6.16. The molecule has 1 atom stereocenters. The normalized spacial score (nSPS) is 11.8. The molecule has 0 aliphatic rings. The van der Waals surface area contributed by atoms with Gasteiger partial charge in [-0.3, -0.25) is 9.36 Å². The average molecular weight is 517 g/mol. The standard InChI is InChI=1S/C25H29ClN4O4S/c1-4-33-24(32)21(14-17(2)3)27-23(31)16-35-25-29-28-22(30(25)19-8-6-5-7-9-19)15-34-20-12-10-18(26)11-13-20/h5-13,17,21H,4,14-16H2,1-3H3,(H,27,31). The Morgan fingerprint density at radius 3 is 2.46 bits per heavy atom. The highest BCUT2D eigenvalue weighted by molar-refractivity contribution is 7.99. The molecule has 3 rings (SSSR count). The number of hydrogen-bond donors (Lipinski definition) is 1. The van der Waals surface area contributed by atoms with Crippen molar-refractivity contribution in [2.75, 3.05) is 12.4 Å². The summed E-state index contributed by atoms with van der Waals surface area (Å²) in [5.41, 5.74) is 0.847. The fourth-order valence-corrected chi connectivity index (χ4v) is 4.20. The van der Waals surface area contributed by atoms with Crippen LogP contribution in [0.25, 0.3) is 5.69 Å². The maximum Gasteiger partial charge on any atom is 0.328 e. The van der Waals surface area contributed by atoms with Crippen LogP contribution in [0, 0.1) is 5.92 Å². The molecule has 1 N–H and O–H groups in total. The van der Waals surface area contributed by atoms with Crippen molar-refractivity contribution in [2.24, 2.45) is 5.92 Å². The Bertz CT molecular complexity index is 1110. The zero-order valence-corrected chi connectivity index (χ0v) is 21.5. The summed E-state index contributed by atoms with van der Waals surface area (Å²) in [6, 6.07) is 16.0. The van der Waals surface area contributed by atoms with Gasteiger partial charge in [0.1, 0.15) is 18.4 Å². The Morgan fingerprint density at radius 1 is 1.09 bits per heavy atom. The van der Waals surface area contributed by atoms with Crippen molar-refractivity contribution in [3.63, 3.8) is 0 Å². The van der Waals surface area contributed by atoms with Gasteiger partial charge in [-0.2, -0.15) is 0 Å². The number of nitrogens with zero attached hydrogens (tertiary/aromatic N) is 3. The second kappa shape index (κ2) is 13.2. The van der Waals surface area contributed by atoms with E-state index >= 15 is 0 Å². The molecule has 1 unspecified atom stereocenters. The molecule has 1 heterocycles. The van der Waals surface area contributed by atoms with E-state index < -0.39 is 12.0 Å². The maximum absolute atomic E-state index is 12.7. The van der Waals surface area contributed by atoms with Crippen LogP contribution in [0.1, 0.15) is 33.0 Å². The first-order valence-corrected chi connectivity index (χ1v) is 12.7. The average Bonchev–Trinajstić information content (AvgIpc) is 3.25. The zero-order chi connectivity index (χ0) is 25.2. The van der Waals surface area contributed by atoms with Crippen LogP contribution in [0.2, 0.25) is 5.02 Å². The third-order valence-corrected chi connectivity index (χ3v) is 6.02. The topological polar surface area (TPSA) is 95.3 Å². The van der Waals surface area contributed by atoms with Gasteiger partial charge in [-0.1, -0.05) is 55.4 Å². The molecule has 0 aliphatic carbocycles. The van der Waals surface area contributed by atoms with Crippen molar-refractivity contribution in [3.8, 4) is 11.4 Å². The van der Waals surface area contributed by atoms with E-state index in [0.717, 1.165) is 5.69 Å². The highest BCUT2D eigenvalue weighted by atomic mass is 35.5. The van der Waals surface area contributed by atoms with E-state index in [9.17, 15) is 9.59 Å². The van der Waals surface area contributed by atoms with Crippen LogP contribution in [-0.4, -0.2) is 45.0 Å². The van der Waals surface area contributed by atoms with E-state index in [1.807, 2.05) is 48.7 Å². The fourth-order valence-electron chi connectivity index (χ4n) is 3.30. The molecule has 0 saturated carbocycles. The molecule has 1 amide bonds. The number of aromatic nitrogens is 3. The molecule has 0 radical (unpaired) electrons. The van der Waals surface area contributed by atoms with Crippen LogP contribution in [0.5, 0.6) is 5.75 Å². The van der Waals surface area contributed by atoms with Crippen molar-refractivity contribution < 1.29 is 19.1 Å². The monoisotopic (exact) mass is 516 g/mol. The number of hydrogen-bond acceptors (Lipinski definition) is 7. The number of amides is 1. The second-order valence-corrected chi connectivity index (χ2v) is 9.48. The quantitative estimate of drug-likeness (QED) is 0.275. The lowest BCUT2D eigenvalue weighted by atomic mass is 10.0. The Hall–Kier alpha value is -3.04.